The molecular weight excluding hydrogens is 662 g/mol. The molecule has 0 N–H and O–H groups in total. The van der Waals surface area contributed by atoms with Gasteiger partial charge in [-0.3, -0.25) is 29.3 Å². The van der Waals surface area contributed by atoms with E-state index in [9.17, 15) is 34.1 Å². The number of nitrogens with zero attached hydrogens (tertiary/aromatic N) is 3. The van der Waals surface area contributed by atoms with E-state index in [2.05, 4.69) is 0 Å². The molecule has 11 nitrogen and oxygen atoms in total. The number of carbonyl (C=O) groups is 5. The quantitative estimate of drug-likeness (QED) is 0.0464. The monoisotopic (exact) mass is 691 g/mol. The molecule has 2 atom stereocenters. The second kappa shape index (κ2) is 12.5. The summed E-state index contributed by atoms with van der Waals surface area (Å²) < 4.78 is 5.46. The standard InChI is InChI=1S/C41H29N3O8/c1-23-10-12-26(13-11-23)41(49)52-28-20-16-24(17-21-28)33(45)22-42(38(46)25-14-18-27(19-15-25)44(50)51)43-39(47)36-34-29-6-2-3-7-30(29)35(37(36)40(43)48)32-9-5-4-8-31(32)34/h2-21,34-37H,22H2,1H3/t34?,35?,36-,37-/m1/s1. The maximum atomic E-state index is 14.5. The van der Waals surface area contributed by atoms with Crippen molar-refractivity contribution in [1.29, 1.82) is 0 Å². The fourth-order valence-corrected chi connectivity index (χ4v) is 7.80. The van der Waals surface area contributed by atoms with E-state index in [1.165, 1.54) is 36.4 Å². The molecule has 1 fully saturated rings. The van der Waals surface area contributed by atoms with Crippen molar-refractivity contribution in [3.8, 4) is 5.75 Å². The van der Waals surface area contributed by atoms with Crippen LogP contribution in [0.15, 0.2) is 121 Å². The van der Waals surface area contributed by atoms with Gasteiger partial charge in [-0.1, -0.05) is 66.2 Å². The molecule has 11 heteroatoms. The average Bonchev–Trinajstić information content (AvgIpc) is 3.43. The first-order valence-electron chi connectivity index (χ1n) is 16.7. The Labute approximate surface area is 297 Å². The number of ether oxygens (including phenoxy) is 1. The van der Waals surface area contributed by atoms with Gasteiger partial charge in [-0.25, -0.2) is 9.80 Å². The highest BCUT2D eigenvalue weighted by Crippen LogP contribution is 2.61. The summed E-state index contributed by atoms with van der Waals surface area (Å²) >= 11 is 0. The van der Waals surface area contributed by atoms with Crippen molar-refractivity contribution in [3.05, 3.63) is 176 Å². The molecule has 1 aliphatic heterocycles. The van der Waals surface area contributed by atoms with Gasteiger partial charge in [0, 0.05) is 35.1 Å². The lowest BCUT2D eigenvalue weighted by Gasteiger charge is -2.45. The normalized spacial score (nSPS) is 19.4. The highest BCUT2D eigenvalue weighted by Gasteiger charge is 2.63. The van der Waals surface area contributed by atoms with Crippen LogP contribution >= 0.6 is 0 Å². The van der Waals surface area contributed by atoms with Crippen LogP contribution in [0.25, 0.3) is 0 Å². The first-order chi connectivity index (χ1) is 25.1. The summed E-state index contributed by atoms with van der Waals surface area (Å²) in [5.41, 5.74) is 4.95. The number of esters is 1. The molecule has 5 aromatic rings. The van der Waals surface area contributed by atoms with Gasteiger partial charge in [0.15, 0.2) is 5.78 Å². The third kappa shape index (κ3) is 5.25. The van der Waals surface area contributed by atoms with E-state index in [4.69, 9.17) is 4.74 Å². The number of amides is 3. The number of nitro groups is 1. The van der Waals surface area contributed by atoms with E-state index < -0.39 is 64.6 Å². The number of carbonyl (C=O) groups excluding carboxylic acids is 5. The van der Waals surface area contributed by atoms with Crippen LogP contribution in [0, 0.1) is 28.9 Å². The molecule has 3 amide bonds. The summed E-state index contributed by atoms with van der Waals surface area (Å²) in [5.74, 6) is -5.55. The molecule has 1 heterocycles. The van der Waals surface area contributed by atoms with Crippen LogP contribution in [0.5, 0.6) is 5.75 Å². The number of hydrogen-bond acceptors (Lipinski definition) is 8. The third-order valence-electron chi connectivity index (χ3n) is 10.2. The van der Waals surface area contributed by atoms with Crippen LogP contribution in [0.3, 0.4) is 0 Å². The molecule has 9 rings (SSSR count). The van der Waals surface area contributed by atoms with Crippen molar-refractivity contribution in [2.45, 2.75) is 18.8 Å². The molecule has 1 saturated heterocycles. The zero-order valence-electron chi connectivity index (χ0n) is 27.7. The molecule has 0 saturated carbocycles. The number of nitro benzene ring substituents is 1. The fraction of sp³-hybridized carbons (Fsp3) is 0.146. The lowest BCUT2D eigenvalue weighted by atomic mass is 9.55. The number of non-ortho nitro benzene ring substituents is 1. The smallest absolute Gasteiger partial charge is 0.343 e. The van der Waals surface area contributed by atoms with Crippen molar-refractivity contribution in [1.82, 2.24) is 10.0 Å². The SMILES string of the molecule is Cc1ccc(C(=O)Oc2ccc(C(=O)CN(C(=O)c3ccc([N+](=O)[O-])cc3)N3C(=O)[C@@H]4C5c6ccccc6C(c6ccccc65)[C@H]4C3=O)cc2)cc1. The zero-order chi connectivity index (χ0) is 36.3. The number of imide groups is 1. The van der Waals surface area contributed by atoms with Gasteiger partial charge in [-0.05, 0) is 77.7 Å². The van der Waals surface area contributed by atoms with Crippen LogP contribution in [0.1, 0.15) is 70.7 Å². The Kier molecular flexibility index (Phi) is 7.83. The van der Waals surface area contributed by atoms with Crippen molar-refractivity contribution in [2.75, 3.05) is 6.54 Å². The Bertz CT molecular complexity index is 2200. The molecule has 2 bridgehead atoms. The van der Waals surface area contributed by atoms with Gasteiger partial charge in [-0.2, -0.15) is 5.01 Å². The van der Waals surface area contributed by atoms with Crippen molar-refractivity contribution in [2.24, 2.45) is 11.8 Å². The fourth-order valence-electron chi connectivity index (χ4n) is 7.80. The van der Waals surface area contributed by atoms with Gasteiger partial charge in [0.2, 0.25) is 0 Å². The number of ketones is 1. The highest BCUT2D eigenvalue weighted by molar-refractivity contribution is 6.11. The number of aryl methyl sites for hydroxylation is 1. The minimum Gasteiger partial charge on any atom is -0.423 e. The van der Waals surface area contributed by atoms with Crippen LogP contribution in [0.4, 0.5) is 5.69 Å². The van der Waals surface area contributed by atoms with Crippen LogP contribution < -0.4 is 4.74 Å². The molecule has 52 heavy (non-hydrogen) atoms. The second-order valence-electron chi connectivity index (χ2n) is 13.1. The molecule has 3 aliphatic carbocycles. The summed E-state index contributed by atoms with van der Waals surface area (Å²) in [6.45, 7) is 1.21. The van der Waals surface area contributed by atoms with Gasteiger partial charge in [0.25, 0.3) is 23.4 Å². The number of rotatable bonds is 8. The maximum absolute atomic E-state index is 14.5. The zero-order valence-corrected chi connectivity index (χ0v) is 27.7. The molecule has 0 radical (unpaired) electrons. The van der Waals surface area contributed by atoms with Crippen LogP contribution in [0.2, 0.25) is 0 Å². The van der Waals surface area contributed by atoms with Gasteiger partial charge in [-0.15, -0.1) is 0 Å². The lowest BCUT2D eigenvalue weighted by Crippen LogP contribution is -2.52. The molecule has 0 unspecified atom stereocenters. The van der Waals surface area contributed by atoms with Gasteiger partial charge >= 0.3 is 5.97 Å². The minimum atomic E-state index is -0.852. The summed E-state index contributed by atoms with van der Waals surface area (Å²) in [7, 11) is 0. The van der Waals surface area contributed by atoms with E-state index >= 15 is 0 Å². The van der Waals surface area contributed by atoms with E-state index in [0.29, 0.717) is 5.56 Å². The molecule has 4 aliphatic rings. The van der Waals surface area contributed by atoms with Gasteiger partial charge in [0.1, 0.15) is 12.3 Å². The lowest BCUT2D eigenvalue weighted by molar-refractivity contribution is -0.384. The topological polar surface area (TPSA) is 144 Å². The summed E-state index contributed by atoms with van der Waals surface area (Å²) in [4.78, 5) is 80.5. The minimum absolute atomic E-state index is 0.0539. The van der Waals surface area contributed by atoms with Gasteiger partial charge in [0.05, 0.1) is 22.3 Å². The molecule has 5 aromatic carbocycles. The number of benzene rings is 5. The predicted octanol–water partition coefficient (Wildman–Crippen LogP) is 6.25. The summed E-state index contributed by atoms with van der Waals surface area (Å²) in [5, 5.41) is 13.0. The molecule has 0 aromatic heterocycles. The Morgan fingerprint density at radius 1 is 0.673 bits per heavy atom. The largest absolute Gasteiger partial charge is 0.423 e. The Balaban J connectivity index is 1.12. The number of Topliss-reactive ketones (excluding diaryl/α,β-unsaturated/α-hetero) is 1. The second-order valence-corrected chi connectivity index (χ2v) is 13.1. The Morgan fingerprint density at radius 3 is 1.62 bits per heavy atom. The van der Waals surface area contributed by atoms with Crippen molar-refractivity contribution in [3.63, 3.8) is 0 Å². The number of hydrogen-bond donors (Lipinski definition) is 0. The molecule has 0 spiro atoms. The Morgan fingerprint density at radius 2 is 1.13 bits per heavy atom. The molecule has 256 valence electrons. The Hall–Kier alpha value is -6.75. The van der Waals surface area contributed by atoms with Gasteiger partial charge < -0.3 is 4.74 Å². The molecular formula is C41H29N3O8. The third-order valence-corrected chi connectivity index (χ3v) is 10.2. The van der Waals surface area contributed by atoms with Crippen LogP contribution in [-0.2, 0) is 9.59 Å². The van der Waals surface area contributed by atoms with Crippen LogP contribution in [-0.4, -0.2) is 51.0 Å². The van der Waals surface area contributed by atoms with E-state index in [0.717, 1.165) is 50.0 Å². The first kappa shape index (κ1) is 32.5. The van der Waals surface area contributed by atoms with Crippen molar-refractivity contribution < 1.29 is 33.6 Å². The van der Waals surface area contributed by atoms with E-state index in [1.807, 2.05) is 55.5 Å². The maximum Gasteiger partial charge on any atom is 0.343 e. The summed E-state index contributed by atoms with van der Waals surface area (Å²) in [6.07, 6.45) is 0. The summed E-state index contributed by atoms with van der Waals surface area (Å²) in [6, 6.07) is 32.8. The first-order valence-corrected chi connectivity index (χ1v) is 16.7. The van der Waals surface area contributed by atoms with E-state index in [1.54, 1.807) is 24.3 Å². The predicted molar refractivity (Wildman–Crippen MR) is 186 cm³/mol. The van der Waals surface area contributed by atoms with Crippen molar-refractivity contribution >= 4 is 35.2 Å². The highest BCUT2D eigenvalue weighted by atomic mass is 16.6. The number of hydrazine groups is 1. The van der Waals surface area contributed by atoms with E-state index in [-0.39, 0.29) is 22.6 Å². The average molecular weight is 692 g/mol.